The van der Waals surface area contributed by atoms with Crippen LogP contribution in [0.25, 0.3) is 21.9 Å². The maximum absolute atomic E-state index is 14.6. The van der Waals surface area contributed by atoms with Crippen molar-refractivity contribution in [3.8, 4) is 11.1 Å². The largest absolute Gasteiger partial charge is 0.206 e. The van der Waals surface area contributed by atoms with Crippen LogP contribution >= 0.6 is 0 Å². The van der Waals surface area contributed by atoms with Crippen molar-refractivity contribution in [2.24, 2.45) is 5.92 Å². The third-order valence-corrected chi connectivity index (χ3v) is 5.70. The van der Waals surface area contributed by atoms with E-state index in [1.807, 2.05) is 24.3 Å². The minimum atomic E-state index is -1.12. The van der Waals surface area contributed by atoms with Crippen LogP contribution < -0.4 is 0 Å². The molecular weight excluding hydrogens is 333 g/mol. The van der Waals surface area contributed by atoms with Crippen LogP contribution in [0.3, 0.4) is 0 Å². The van der Waals surface area contributed by atoms with E-state index < -0.39 is 17.5 Å². The lowest BCUT2D eigenvalue weighted by Gasteiger charge is -2.26. The van der Waals surface area contributed by atoms with E-state index in [0.717, 1.165) is 12.0 Å². The van der Waals surface area contributed by atoms with Crippen LogP contribution in [0.4, 0.5) is 13.2 Å². The monoisotopic (exact) mass is 354 g/mol. The molecule has 1 saturated carbocycles. The average Bonchev–Trinajstić information content (AvgIpc) is 2.65. The number of benzene rings is 3. The van der Waals surface area contributed by atoms with Gasteiger partial charge in [-0.05, 0) is 53.3 Å². The summed E-state index contributed by atoms with van der Waals surface area (Å²) in [5.74, 6) is -1.52. The normalized spacial score (nSPS) is 20.5. The molecule has 0 N–H and O–H groups in total. The molecular formula is C23H21F3. The maximum Gasteiger partial charge on any atom is 0.170 e. The zero-order chi connectivity index (χ0) is 18.3. The topological polar surface area (TPSA) is 0 Å². The quantitative estimate of drug-likeness (QED) is 0.456. The summed E-state index contributed by atoms with van der Waals surface area (Å²) in [4.78, 5) is 0. The van der Waals surface area contributed by atoms with Gasteiger partial charge in [0.05, 0.1) is 5.39 Å². The number of hydrogen-bond donors (Lipinski definition) is 0. The van der Waals surface area contributed by atoms with Crippen LogP contribution in [0.15, 0.2) is 48.5 Å². The molecule has 1 aliphatic rings. The Kier molecular flexibility index (Phi) is 4.47. The van der Waals surface area contributed by atoms with Crippen molar-refractivity contribution >= 4 is 10.8 Å². The standard InChI is InChI=1S/C23H21F3/c1-14-5-7-15(8-6-14)16-9-11-17(12-10-16)19-13-18-3-2-4-20(24)21(18)23(26)22(19)25/h2-4,9-15H,5-8H2,1H3. The zero-order valence-corrected chi connectivity index (χ0v) is 14.7. The van der Waals surface area contributed by atoms with Crippen molar-refractivity contribution in [3.63, 3.8) is 0 Å². The SMILES string of the molecule is CC1CCC(c2ccc(-c3cc4cccc(F)c4c(F)c3F)cc2)CC1. The van der Waals surface area contributed by atoms with Gasteiger partial charge < -0.3 is 0 Å². The second kappa shape index (κ2) is 6.79. The number of halogens is 3. The summed E-state index contributed by atoms with van der Waals surface area (Å²) in [5.41, 5.74) is 2.04. The molecule has 26 heavy (non-hydrogen) atoms. The molecule has 3 aromatic rings. The third kappa shape index (κ3) is 3.00. The van der Waals surface area contributed by atoms with Crippen LogP contribution in [0, 0.1) is 23.4 Å². The Morgan fingerprint density at radius 2 is 1.50 bits per heavy atom. The van der Waals surface area contributed by atoms with Crippen molar-refractivity contribution in [2.75, 3.05) is 0 Å². The molecule has 0 bridgehead atoms. The molecule has 0 atom stereocenters. The molecule has 0 aliphatic heterocycles. The van der Waals surface area contributed by atoms with Crippen LogP contribution in [-0.2, 0) is 0 Å². The minimum Gasteiger partial charge on any atom is -0.206 e. The van der Waals surface area contributed by atoms with E-state index in [4.69, 9.17) is 0 Å². The Bertz CT molecular complexity index is 936. The van der Waals surface area contributed by atoms with Crippen molar-refractivity contribution in [1.29, 1.82) is 0 Å². The molecule has 0 saturated heterocycles. The number of rotatable bonds is 2. The third-order valence-electron chi connectivity index (χ3n) is 5.70. The Balaban J connectivity index is 1.71. The van der Waals surface area contributed by atoms with Gasteiger partial charge in [0.2, 0.25) is 0 Å². The summed E-state index contributed by atoms with van der Waals surface area (Å²) < 4.78 is 42.8. The summed E-state index contributed by atoms with van der Waals surface area (Å²) >= 11 is 0. The molecule has 1 aliphatic carbocycles. The molecule has 0 unspecified atom stereocenters. The highest BCUT2D eigenvalue weighted by atomic mass is 19.2. The van der Waals surface area contributed by atoms with Crippen LogP contribution in [0.2, 0.25) is 0 Å². The Morgan fingerprint density at radius 3 is 2.19 bits per heavy atom. The summed E-state index contributed by atoms with van der Waals surface area (Å²) in [6.07, 6.45) is 4.84. The first-order valence-corrected chi connectivity index (χ1v) is 9.21. The predicted octanol–water partition coefficient (Wildman–Crippen LogP) is 7.22. The Morgan fingerprint density at radius 1 is 0.808 bits per heavy atom. The lowest BCUT2D eigenvalue weighted by atomic mass is 9.79. The number of fused-ring (bicyclic) bond motifs is 1. The highest BCUT2D eigenvalue weighted by Crippen LogP contribution is 2.37. The lowest BCUT2D eigenvalue weighted by molar-refractivity contribution is 0.348. The molecule has 3 aromatic carbocycles. The van der Waals surface area contributed by atoms with Gasteiger partial charge in [0.15, 0.2) is 11.6 Å². The van der Waals surface area contributed by atoms with Crippen molar-refractivity contribution in [3.05, 3.63) is 71.5 Å². The van der Waals surface area contributed by atoms with Gasteiger partial charge in [-0.1, -0.05) is 56.2 Å². The van der Waals surface area contributed by atoms with Gasteiger partial charge in [-0.25, -0.2) is 13.2 Å². The number of hydrogen-bond acceptors (Lipinski definition) is 0. The summed E-state index contributed by atoms with van der Waals surface area (Å²) in [7, 11) is 0. The first kappa shape index (κ1) is 17.1. The fourth-order valence-corrected chi connectivity index (χ4v) is 4.08. The maximum atomic E-state index is 14.6. The molecule has 0 radical (unpaired) electrons. The van der Waals surface area contributed by atoms with E-state index in [2.05, 4.69) is 6.92 Å². The van der Waals surface area contributed by atoms with Gasteiger partial charge >= 0.3 is 0 Å². The summed E-state index contributed by atoms with van der Waals surface area (Å²) in [6.45, 7) is 2.29. The van der Waals surface area contributed by atoms with Crippen LogP contribution in [0.5, 0.6) is 0 Å². The Hall–Kier alpha value is -2.29. The highest BCUT2D eigenvalue weighted by molar-refractivity contribution is 5.88. The predicted molar refractivity (Wildman–Crippen MR) is 99.6 cm³/mol. The Labute approximate surface area is 151 Å². The van der Waals surface area contributed by atoms with E-state index in [1.165, 1.54) is 43.4 Å². The van der Waals surface area contributed by atoms with Crippen LogP contribution in [0.1, 0.15) is 44.1 Å². The van der Waals surface area contributed by atoms with Gasteiger partial charge in [-0.2, -0.15) is 0 Å². The van der Waals surface area contributed by atoms with Gasteiger partial charge in [0.25, 0.3) is 0 Å². The molecule has 134 valence electrons. The molecule has 0 amide bonds. The fourth-order valence-electron chi connectivity index (χ4n) is 4.08. The smallest absolute Gasteiger partial charge is 0.170 e. The van der Waals surface area contributed by atoms with Crippen LogP contribution in [-0.4, -0.2) is 0 Å². The van der Waals surface area contributed by atoms with E-state index >= 15 is 0 Å². The van der Waals surface area contributed by atoms with Crippen molar-refractivity contribution in [1.82, 2.24) is 0 Å². The lowest BCUT2D eigenvalue weighted by Crippen LogP contribution is -2.10. The molecule has 3 heteroatoms. The van der Waals surface area contributed by atoms with Gasteiger partial charge in [-0.3, -0.25) is 0 Å². The second-order valence-corrected chi connectivity index (χ2v) is 7.47. The molecule has 4 rings (SSSR count). The zero-order valence-electron chi connectivity index (χ0n) is 14.7. The molecule has 0 heterocycles. The van der Waals surface area contributed by atoms with E-state index in [1.54, 1.807) is 6.07 Å². The summed E-state index contributed by atoms with van der Waals surface area (Å²) in [6, 6.07) is 13.5. The molecule has 0 spiro atoms. The van der Waals surface area contributed by atoms with E-state index in [0.29, 0.717) is 16.9 Å². The minimum absolute atomic E-state index is 0.171. The average molecular weight is 354 g/mol. The molecule has 0 nitrogen and oxygen atoms in total. The second-order valence-electron chi connectivity index (χ2n) is 7.47. The van der Waals surface area contributed by atoms with Gasteiger partial charge in [0.1, 0.15) is 5.82 Å². The van der Waals surface area contributed by atoms with Gasteiger partial charge in [-0.15, -0.1) is 0 Å². The fraction of sp³-hybridized carbons (Fsp3) is 0.304. The molecule has 1 fully saturated rings. The summed E-state index contributed by atoms with van der Waals surface area (Å²) in [5, 5.41) is 0.0749. The first-order chi connectivity index (χ1) is 12.5. The van der Waals surface area contributed by atoms with Gasteiger partial charge in [0, 0.05) is 5.56 Å². The van der Waals surface area contributed by atoms with E-state index in [-0.39, 0.29) is 10.9 Å². The van der Waals surface area contributed by atoms with Crippen molar-refractivity contribution in [2.45, 2.75) is 38.5 Å². The van der Waals surface area contributed by atoms with Crippen molar-refractivity contribution < 1.29 is 13.2 Å². The van der Waals surface area contributed by atoms with E-state index in [9.17, 15) is 13.2 Å². The molecule has 0 aromatic heterocycles. The highest BCUT2D eigenvalue weighted by Gasteiger charge is 2.21. The first-order valence-electron chi connectivity index (χ1n) is 9.21.